The van der Waals surface area contributed by atoms with Crippen LogP contribution in [0.3, 0.4) is 0 Å². The highest BCUT2D eigenvalue weighted by Crippen LogP contribution is 2.27. The molecule has 0 radical (unpaired) electrons. The topological polar surface area (TPSA) is 12.0 Å². The lowest BCUT2D eigenvalue weighted by atomic mass is 9.83. The van der Waals surface area contributed by atoms with E-state index in [1.807, 2.05) is 0 Å². The minimum Gasteiger partial charge on any atom is -0.314 e. The molecule has 1 fully saturated rings. The van der Waals surface area contributed by atoms with Gasteiger partial charge in [0.15, 0.2) is 0 Å². The fourth-order valence-corrected chi connectivity index (χ4v) is 2.44. The van der Waals surface area contributed by atoms with Crippen LogP contribution in [0, 0.1) is 5.92 Å². The van der Waals surface area contributed by atoms with Crippen LogP contribution in [0.25, 0.3) is 0 Å². The minimum atomic E-state index is 0.801. The van der Waals surface area contributed by atoms with Crippen molar-refractivity contribution >= 4 is 0 Å². The smallest absolute Gasteiger partial charge is 0.00925 e. The molecule has 1 saturated carbocycles. The molecule has 1 nitrogen and oxygen atoms in total. The van der Waals surface area contributed by atoms with Gasteiger partial charge in [-0.2, -0.15) is 0 Å². The molecule has 12 heavy (non-hydrogen) atoms. The summed E-state index contributed by atoms with van der Waals surface area (Å²) in [5.41, 5.74) is 0. The second-order valence-corrected chi connectivity index (χ2v) is 3.97. The van der Waals surface area contributed by atoms with Crippen molar-refractivity contribution in [2.75, 3.05) is 6.54 Å². The van der Waals surface area contributed by atoms with E-state index in [4.69, 9.17) is 0 Å². The molecule has 0 bridgehead atoms. The Balaban J connectivity index is 2.29. The molecule has 1 aliphatic rings. The molecule has 1 atom stereocenters. The molecule has 0 heterocycles. The number of hydrogen-bond acceptors (Lipinski definition) is 1. The molecule has 0 aromatic heterocycles. The SMILES string of the molecule is CCN[C@H](CC)C1CCCCC1. The Morgan fingerprint density at radius 2 is 1.83 bits per heavy atom. The maximum atomic E-state index is 3.60. The quantitative estimate of drug-likeness (QED) is 0.682. The molecule has 1 rings (SSSR count). The zero-order chi connectivity index (χ0) is 8.81. The molecule has 0 spiro atoms. The summed E-state index contributed by atoms with van der Waals surface area (Å²) in [4.78, 5) is 0. The van der Waals surface area contributed by atoms with Crippen LogP contribution in [0.1, 0.15) is 52.4 Å². The Morgan fingerprint density at radius 1 is 1.17 bits per heavy atom. The van der Waals surface area contributed by atoms with Crippen LogP contribution >= 0.6 is 0 Å². The van der Waals surface area contributed by atoms with Crippen molar-refractivity contribution in [2.24, 2.45) is 5.92 Å². The van der Waals surface area contributed by atoms with E-state index in [1.54, 1.807) is 0 Å². The van der Waals surface area contributed by atoms with Gasteiger partial charge in [0, 0.05) is 6.04 Å². The number of rotatable bonds is 4. The molecule has 0 aliphatic heterocycles. The third-order valence-electron chi connectivity index (χ3n) is 3.13. The van der Waals surface area contributed by atoms with Crippen LogP contribution in [-0.4, -0.2) is 12.6 Å². The molecule has 0 saturated heterocycles. The van der Waals surface area contributed by atoms with E-state index >= 15 is 0 Å². The van der Waals surface area contributed by atoms with Gasteiger partial charge in [0.2, 0.25) is 0 Å². The van der Waals surface area contributed by atoms with Crippen LogP contribution in [0.2, 0.25) is 0 Å². The standard InChI is InChI=1S/C11H23N/c1-3-11(12-4-2)10-8-6-5-7-9-10/h10-12H,3-9H2,1-2H3/t11-/m1/s1. The summed E-state index contributed by atoms with van der Waals surface area (Å²) in [6, 6.07) is 0.801. The van der Waals surface area contributed by atoms with E-state index in [9.17, 15) is 0 Å². The Kier molecular flexibility index (Phi) is 4.67. The first kappa shape index (κ1) is 10.0. The Morgan fingerprint density at radius 3 is 2.33 bits per heavy atom. The summed E-state index contributed by atoms with van der Waals surface area (Å²) in [7, 11) is 0. The fourth-order valence-electron chi connectivity index (χ4n) is 2.44. The molecule has 72 valence electrons. The van der Waals surface area contributed by atoms with E-state index in [0.717, 1.165) is 18.5 Å². The van der Waals surface area contributed by atoms with Gasteiger partial charge in [0.1, 0.15) is 0 Å². The van der Waals surface area contributed by atoms with Crippen molar-refractivity contribution in [3.05, 3.63) is 0 Å². The Labute approximate surface area is 76.9 Å². The summed E-state index contributed by atoms with van der Waals surface area (Å²) >= 11 is 0. The zero-order valence-electron chi connectivity index (χ0n) is 8.60. The summed E-state index contributed by atoms with van der Waals surface area (Å²) in [6.07, 6.45) is 8.63. The lowest BCUT2D eigenvalue weighted by Gasteiger charge is -2.30. The normalized spacial score (nSPS) is 22.5. The van der Waals surface area contributed by atoms with Crippen LogP contribution in [0.5, 0.6) is 0 Å². The monoisotopic (exact) mass is 169 g/mol. The molecule has 0 unspecified atom stereocenters. The highest BCUT2D eigenvalue weighted by Gasteiger charge is 2.20. The first-order chi connectivity index (χ1) is 5.88. The van der Waals surface area contributed by atoms with Gasteiger partial charge in [-0.15, -0.1) is 0 Å². The summed E-state index contributed by atoms with van der Waals surface area (Å²) in [5.74, 6) is 0.976. The van der Waals surface area contributed by atoms with E-state index in [1.165, 1.54) is 38.5 Å². The lowest BCUT2D eigenvalue weighted by Crippen LogP contribution is -2.36. The Hall–Kier alpha value is -0.0400. The van der Waals surface area contributed by atoms with Crippen molar-refractivity contribution in [1.82, 2.24) is 5.32 Å². The second-order valence-electron chi connectivity index (χ2n) is 3.97. The van der Waals surface area contributed by atoms with E-state index < -0.39 is 0 Å². The molecule has 0 aromatic rings. The summed E-state index contributed by atoms with van der Waals surface area (Å²) in [6.45, 7) is 5.66. The summed E-state index contributed by atoms with van der Waals surface area (Å²) in [5, 5.41) is 3.60. The average Bonchev–Trinajstić information content (AvgIpc) is 2.15. The highest BCUT2D eigenvalue weighted by molar-refractivity contribution is 4.77. The van der Waals surface area contributed by atoms with E-state index in [0.29, 0.717) is 0 Å². The van der Waals surface area contributed by atoms with Crippen molar-refractivity contribution < 1.29 is 0 Å². The first-order valence-corrected chi connectivity index (χ1v) is 5.61. The second kappa shape index (κ2) is 5.58. The fraction of sp³-hybridized carbons (Fsp3) is 1.00. The van der Waals surface area contributed by atoms with Gasteiger partial charge in [-0.25, -0.2) is 0 Å². The number of hydrogen-bond donors (Lipinski definition) is 1. The van der Waals surface area contributed by atoms with Gasteiger partial charge < -0.3 is 5.32 Å². The van der Waals surface area contributed by atoms with E-state index in [2.05, 4.69) is 19.2 Å². The molecular weight excluding hydrogens is 146 g/mol. The van der Waals surface area contributed by atoms with Crippen molar-refractivity contribution in [3.8, 4) is 0 Å². The van der Waals surface area contributed by atoms with Crippen LogP contribution in [-0.2, 0) is 0 Å². The maximum absolute atomic E-state index is 3.60. The molecular formula is C11H23N. The molecule has 0 aromatic carbocycles. The van der Waals surface area contributed by atoms with Crippen molar-refractivity contribution in [1.29, 1.82) is 0 Å². The third kappa shape index (κ3) is 2.78. The van der Waals surface area contributed by atoms with Gasteiger partial charge in [-0.3, -0.25) is 0 Å². The van der Waals surface area contributed by atoms with Crippen LogP contribution < -0.4 is 5.32 Å². The van der Waals surface area contributed by atoms with Gasteiger partial charge in [0.05, 0.1) is 0 Å². The lowest BCUT2D eigenvalue weighted by molar-refractivity contribution is 0.266. The van der Waals surface area contributed by atoms with Crippen molar-refractivity contribution in [3.63, 3.8) is 0 Å². The predicted octanol–water partition coefficient (Wildman–Crippen LogP) is 2.95. The molecule has 1 heteroatoms. The van der Waals surface area contributed by atoms with Gasteiger partial charge >= 0.3 is 0 Å². The van der Waals surface area contributed by atoms with Crippen LogP contribution in [0.4, 0.5) is 0 Å². The molecule has 1 aliphatic carbocycles. The van der Waals surface area contributed by atoms with E-state index in [-0.39, 0.29) is 0 Å². The number of nitrogens with one attached hydrogen (secondary N) is 1. The van der Waals surface area contributed by atoms with Crippen molar-refractivity contribution in [2.45, 2.75) is 58.4 Å². The third-order valence-corrected chi connectivity index (χ3v) is 3.13. The largest absolute Gasteiger partial charge is 0.314 e. The van der Waals surface area contributed by atoms with Gasteiger partial charge in [0.25, 0.3) is 0 Å². The van der Waals surface area contributed by atoms with Crippen LogP contribution in [0.15, 0.2) is 0 Å². The predicted molar refractivity (Wildman–Crippen MR) is 54.3 cm³/mol. The average molecular weight is 169 g/mol. The molecule has 0 amide bonds. The first-order valence-electron chi connectivity index (χ1n) is 5.61. The van der Waals surface area contributed by atoms with Gasteiger partial charge in [-0.05, 0) is 31.7 Å². The summed E-state index contributed by atoms with van der Waals surface area (Å²) < 4.78 is 0. The molecule has 1 N–H and O–H groups in total. The maximum Gasteiger partial charge on any atom is 0.00925 e. The zero-order valence-corrected chi connectivity index (χ0v) is 8.60. The minimum absolute atomic E-state index is 0.801. The highest BCUT2D eigenvalue weighted by atomic mass is 14.9. The van der Waals surface area contributed by atoms with Gasteiger partial charge in [-0.1, -0.05) is 33.1 Å². The Bertz CT molecular complexity index is 103.